The van der Waals surface area contributed by atoms with Gasteiger partial charge in [-0.3, -0.25) is 9.69 Å². The average Bonchev–Trinajstić information content (AvgIpc) is 2.98. The fourth-order valence-corrected chi connectivity index (χ4v) is 2.75. The molecule has 0 aliphatic rings. The fourth-order valence-electron chi connectivity index (χ4n) is 2.09. The summed E-state index contributed by atoms with van der Waals surface area (Å²) in [7, 11) is 3.58. The molecule has 5 heteroatoms. The average molecular weight is 304 g/mol. The normalized spacial score (nSPS) is 10.6. The smallest absolute Gasteiger partial charge is 0.234 e. The number of likely N-dealkylation sites (N-methyl/N-ethyl adjacent to an activating group) is 1. The number of hydrogen-bond acceptors (Lipinski definition) is 4. The summed E-state index contributed by atoms with van der Waals surface area (Å²) in [6.45, 7) is 1.64. The number of amides is 1. The minimum atomic E-state index is 0.0126. The maximum Gasteiger partial charge on any atom is 0.234 e. The molecule has 2 aromatic rings. The van der Waals surface area contributed by atoms with E-state index in [-0.39, 0.29) is 5.91 Å². The molecule has 21 heavy (non-hydrogen) atoms. The molecule has 2 rings (SSSR count). The van der Waals surface area contributed by atoms with E-state index < -0.39 is 0 Å². The third-order valence-corrected chi connectivity index (χ3v) is 3.85. The van der Waals surface area contributed by atoms with Gasteiger partial charge in [0.1, 0.15) is 5.75 Å². The molecule has 0 unspecified atom stereocenters. The van der Waals surface area contributed by atoms with Crippen molar-refractivity contribution < 1.29 is 9.53 Å². The molecule has 1 heterocycles. The van der Waals surface area contributed by atoms with Gasteiger partial charge in [-0.15, -0.1) is 0 Å². The van der Waals surface area contributed by atoms with Crippen LogP contribution in [0.5, 0.6) is 5.75 Å². The van der Waals surface area contributed by atoms with Gasteiger partial charge in [-0.1, -0.05) is 18.2 Å². The fraction of sp³-hybridized carbons (Fsp3) is 0.312. The van der Waals surface area contributed by atoms with Gasteiger partial charge in [-0.2, -0.15) is 11.3 Å². The quantitative estimate of drug-likeness (QED) is 0.854. The second-order valence-electron chi connectivity index (χ2n) is 4.89. The Balaban J connectivity index is 1.79. The molecule has 0 aliphatic carbocycles. The molecule has 0 saturated carbocycles. The van der Waals surface area contributed by atoms with Crippen LogP contribution in [0.1, 0.15) is 11.1 Å². The van der Waals surface area contributed by atoms with Crippen molar-refractivity contribution in [3.8, 4) is 5.75 Å². The Labute approximate surface area is 129 Å². The number of thiophene rings is 1. The van der Waals surface area contributed by atoms with Crippen LogP contribution in [0.3, 0.4) is 0 Å². The summed E-state index contributed by atoms with van der Waals surface area (Å²) in [6, 6.07) is 9.78. The van der Waals surface area contributed by atoms with Crippen LogP contribution in [-0.2, 0) is 17.9 Å². The van der Waals surface area contributed by atoms with Crippen LogP contribution in [0.2, 0.25) is 0 Å². The second kappa shape index (κ2) is 7.81. The van der Waals surface area contributed by atoms with E-state index in [1.807, 2.05) is 41.6 Å². The summed E-state index contributed by atoms with van der Waals surface area (Å²) < 4.78 is 5.27. The lowest BCUT2D eigenvalue weighted by atomic mass is 10.2. The first-order chi connectivity index (χ1) is 10.2. The summed E-state index contributed by atoms with van der Waals surface area (Å²) >= 11 is 1.67. The molecule has 0 aliphatic heterocycles. The molecule has 0 bridgehead atoms. The molecule has 1 N–H and O–H groups in total. The number of carbonyl (C=O) groups excluding carboxylic acids is 1. The van der Waals surface area contributed by atoms with Crippen LogP contribution in [-0.4, -0.2) is 31.5 Å². The van der Waals surface area contributed by atoms with Gasteiger partial charge < -0.3 is 10.1 Å². The van der Waals surface area contributed by atoms with Gasteiger partial charge in [0.05, 0.1) is 13.7 Å². The first kappa shape index (κ1) is 15.5. The van der Waals surface area contributed by atoms with Crippen molar-refractivity contribution in [2.75, 3.05) is 20.7 Å². The molecule has 0 atom stereocenters. The molecular weight excluding hydrogens is 284 g/mol. The highest BCUT2D eigenvalue weighted by Gasteiger charge is 2.08. The second-order valence-corrected chi connectivity index (χ2v) is 5.67. The minimum absolute atomic E-state index is 0.0126. The number of ether oxygens (including phenoxy) is 1. The molecule has 0 saturated heterocycles. The van der Waals surface area contributed by atoms with E-state index in [1.165, 1.54) is 5.56 Å². The van der Waals surface area contributed by atoms with E-state index >= 15 is 0 Å². The molecule has 112 valence electrons. The van der Waals surface area contributed by atoms with Crippen molar-refractivity contribution in [3.63, 3.8) is 0 Å². The Morgan fingerprint density at radius 3 is 2.86 bits per heavy atom. The van der Waals surface area contributed by atoms with E-state index in [9.17, 15) is 4.79 Å². The third-order valence-electron chi connectivity index (χ3n) is 3.11. The molecule has 0 radical (unpaired) electrons. The molecule has 1 aromatic carbocycles. The summed E-state index contributed by atoms with van der Waals surface area (Å²) in [5.74, 6) is 0.808. The number of rotatable bonds is 7. The van der Waals surface area contributed by atoms with Gasteiger partial charge in [0.25, 0.3) is 0 Å². The lowest BCUT2D eigenvalue weighted by Crippen LogP contribution is -2.34. The lowest BCUT2D eigenvalue weighted by Gasteiger charge is -2.16. The van der Waals surface area contributed by atoms with Gasteiger partial charge >= 0.3 is 0 Å². The van der Waals surface area contributed by atoms with Crippen LogP contribution < -0.4 is 10.1 Å². The maximum atomic E-state index is 12.0. The third kappa shape index (κ3) is 4.88. The zero-order valence-corrected chi connectivity index (χ0v) is 13.2. The van der Waals surface area contributed by atoms with Crippen molar-refractivity contribution in [3.05, 3.63) is 52.2 Å². The molecule has 1 aromatic heterocycles. The monoisotopic (exact) mass is 304 g/mol. The first-order valence-electron chi connectivity index (χ1n) is 6.77. The van der Waals surface area contributed by atoms with Crippen LogP contribution in [0.25, 0.3) is 0 Å². The largest absolute Gasteiger partial charge is 0.496 e. The van der Waals surface area contributed by atoms with Crippen molar-refractivity contribution in [2.24, 2.45) is 0 Å². The summed E-state index contributed by atoms with van der Waals surface area (Å²) in [5.41, 5.74) is 2.22. The van der Waals surface area contributed by atoms with Crippen molar-refractivity contribution in [1.82, 2.24) is 10.2 Å². The van der Waals surface area contributed by atoms with Crippen LogP contribution >= 0.6 is 11.3 Å². The highest BCUT2D eigenvalue weighted by atomic mass is 32.1. The van der Waals surface area contributed by atoms with Crippen molar-refractivity contribution >= 4 is 17.2 Å². The summed E-state index contributed by atoms with van der Waals surface area (Å²) in [6.07, 6.45) is 0. The Bertz CT molecular complexity index is 569. The number of nitrogens with zero attached hydrogens (tertiary/aromatic N) is 1. The SMILES string of the molecule is COc1ccccc1CNC(=O)CN(C)Cc1ccsc1. The standard InChI is InChI=1S/C16H20N2O2S/c1-18(10-13-7-8-21-12-13)11-16(19)17-9-14-5-3-4-6-15(14)20-2/h3-8,12H,9-11H2,1-2H3,(H,17,19). The molecule has 0 fully saturated rings. The molecular formula is C16H20N2O2S. The molecule has 1 amide bonds. The Hall–Kier alpha value is -1.85. The predicted molar refractivity (Wildman–Crippen MR) is 85.5 cm³/mol. The van der Waals surface area contributed by atoms with E-state index in [4.69, 9.17) is 4.74 Å². The van der Waals surface area contributed by atoms with Gasteiger partial charge in [-0.05, 0) is 35.5 Å². The molecule has 0 spiro atoms. The number of hydrogen-bond donors (Lipinski definition) is 1. The van der Waals surface area contributed by atoms with Gasteiger partial charge in [-0.25, -0.2) is 0 Å². The number of carbonyl (C=O) groups is 1. The van der Waals surface area contributed by atoms with Crippen LogP contribution in [0, 0.1) is 0 Å². The van der Waals surface area contributed by atoms with E-state index in [0.29, 0.717) is 13.1 Å². The van der Waals surface area contributed by atoms with Gasteiger partial charge in [0.2, 0.25) is 5.91 Å². The maximum absolute atomic E-state index is 12.0. The first-order valence-corrected chi connectivity index (χ1v) is 7.71. The van der Waals surface area contributed by atoms with Crippen LogP contribution in [0.15, 0.2) is 41.1 Å². The van der Waals surface area contributed by atoms with Gasteiger partial charge in [0, 0.05) is 18.7 Å². The minimum Gasteiger partial charge on any atom is -0.496 e. The number of para-hydroxylation sites is 1. The Kier molecular flexibility index (Phi) is 5.78. The summed E-state index contributed by atoms with van der Waals surface area (Å²) in [5, 5.41) is 7.07. The lowest BCUT2D eigenvalue weighted by molar-refractivity contribution is -0.122. The zero-order valence-electron chi connectivity index (χ0n) is 12.3. The number of methoxy groups -OCH3 is 1. The van der Waals surface area contributed by atoms with Crippen LogP contribution in [0.4, 0.5) is 0 Å². The highest BCUT2D eigenvalue weighted by molar-refractivity contribution is 7.07. The molecule has 4 nitrogen and oxygen atoms in total. The van der Waals surface area contributed by atoms with Crippen molar-refractivity contribution in [1.29, 1.82) is 0 Å². The predicted octanol–water partition coefficient (Wildman–Crippen LogP) is 2.50. The van der Waals surface area contributed by atoms with E-state index in [1.54, 1.807) is 18.4 Å². The Morgan fingerprint density at radius 1 is 1.33 bits per heavy atom. The highest BCUT2D eigenvalue weighted by Crippen LogP contribution is 2.16. The zero-order chi connectivity index (χ0) is 15.1. The number of benzene rings is 1. The van der Waals surface area contributed by atoms with E-state index in [0.717, 1.165) is 17.9 Å². The van der Waals surface area contributed by atoms with E-state index in [2.05, 4.69) is 16.8 Å². The summed E-state index contributed by atoms with van der Waals surface area (Å²) in [4.78, 5) is 14.0. The van der Waals surface area contributed by atoms with Crippen molar-refractivity contribution in [2.45, 2.75) is 13.1 Å². The topological polar surface area (TPSA) is 41.6 Å². The number of nitrogens with one attached hydrogen (secondary N) is 1. The Morgan fingerprint density at radius 2 is 2.14 bits per heavy atom. The van der Waals surface area contributed by atoms with Gasteiger partial charge in [0.15, 0.2) is 0 Å².